The van der Waals surface area contributed by atoms with Gasteiger partial charge >= 0.3 is 0 Å². The van der Waals surface area contributed by atoms with Crippen LogP contribution in [-0.2, 0) is 6.54 Å². The van der Waals surface area contributed by atoms with Crippen LogP contribution in [-0.4, -0.2) is 38.6 Å². The lowest BCUT2D eigenvalue weighted by Crippen LogP contribution is -2.54. The van der Waals surface area contributed by atoms with E-state index in [4.69, 9.17) is 0 Å². The molecule has 0 radical (unpaired) electrons. The average molecular weight is 221 g/mol. The lowest BCUT2D eigenvalue weighted by atomic mass is 9.77. The molecule has 2 aliphatic rings. The van der Waals surface area contributed by atoms with Crippen LogP contribution in [0.1, 0.15) is 38.4 Å². The van der Waals surface area contributed by atoms with Gasteiger partial charge in [0, 0.05) is 13.1 Å². The van der Waals surface area contributed by atoms with Crippen LogP contribution in [0, 0.1) is 11.3 Å². The Hall–Kier alpha value is -0.970. The van der Waals surface area contributed by atoms with Gasteiger partial charge in [-0.1, -0.05) is 18.6 Å². The second kappa shape index (κ2) is 3.80. The van der Waals surface area contributed by atoms with Gasteiger partial charge in [-0.05, 0) is 30.6 Å². The van der Waals surface area contributed by atoms with Crippen LogP contribution < -0.4 is 0 Å². The van der Waals surface area contributed by atoms with Gasteiger partial charge in [-0.3, -0.25) is 4.90 Å². The number of nitrogens with one attached hydrogen (secondary N) is 1. The fourth-order valence-electron chi connectivity index (χ4n) is 3.43. The molecule has 5 heteroatoms. The highest BCUT2D eigenvalue weighted by atomic mass is 15.5. The highest BCUT2D eigenvalue weighted by Gasteiger charge is 2.47. The second-order valence-corrected chi connectivity index (χ2v) is 5.49. The van der Waals surface area contributed by atoms with Crippen molar-refractivity contribution in [2.45, 2.75) is 39.2 Å². The minimum atomic E-state index is 0.643. The summed E-state index contributed by atoms with van der Waals surface area (Å²) < 4.78 is 0. The van der Waals surface area contributed by atoms with Crippen LogP contribution in [0.4, 0.5) is 0 Å². The Kier molecular flexibility index (Phi) is 2.42. The Morgan fingerprint density at radius 1 is 1.50 bits per heavy atom. The molecule has 0 aromatic carbocycles. The normalized spacial score (nSPS) is 28.4. The molecule has 0 amide bonds. The van der Waals surface area contributed by atoms with Gasteiger partial charge in [0.1, 0.15) is 0 Å². The fraction of sp³-hybridized carbons (Fsp3) is 0.909. The van der Waals surface area contributed by atoms with Crippen molar-refractivity contribution in [2.24, 2.45) is 11.3 Å². The van der Waals surface area contributed by atoms with E-state index in [1.165, 1.54) is 38.8 Å². The Labute approximate surface area is 95.6 Å². The first-order valence-electron chi connectivity index (χ1n) is 6.24. The summed E-state index contributed by atoms with van der Waals surface area (Å²) in [5.41, 5.74) is 0.643. The zero-order valence-electron chi connectivity index (χ0n) is 9.82. The van der Waals surface area contributed by atoms with Crippen LogP contribution in [0.25, 0.3) is 0 Å². The number of hydrogen-bond donors (Lipinski definition) is 1. The molecule has 1 spiro atoms. The maximum absolute atomic E-state index is 4.00. The molecule has 2 fully saturated rings. The van der Waals surface area contributed by atoms with E-state index < -0.39 is 0 Å². The maximum atomic E-state index is 4.00. The van der Waals surface area contributed by atoms with Crippen molar-refractivity contribution in [1.82, 2.24) is 25.5 Å². The molecule has 1 unspecified atom stereocenters. The molecule has 1 saturated heterocycles. The van der Waals surface area contributed by atoms with Crippen LogP contribution in [0.15, 0.2) is 0 Å². The largest absolute Gasteiger partial charge is 0.295 e. The van der Waals surface area contributed by atoms with Crippen LogP contribution in [0.5, 0.6) is 0 Å². The summed E-state index contributed by atoms with van der Waals surface area (Å²) in [4.78, 5) is 2.43. The lowest BCUT2D eigenvalue weighted by molar-refractivity contribution is -0.00524. The number of tetrazole rings is 1. The molecule has 1 aliphatic heterocycles. The lowest BCUT2D eigenvalue weighted by Gasteiger charge is -2.48. The number of likely N-dealkylation sites (tertiary alicyclic amines) is 1. The highest BCUT2D eigenvalue weighted by Crippen LogP contribution is 2.49. The summed E-state index contributed by atoms with van der Waals surface area (Å²) in [5.74, 6) is 1.80. The first kappa shape index (κ1) is 10.2. The third-order valence-electron chi connectivity index (χ3n) is 4.25. The summed E-state index contributed by atoms with van der Waals surface area (Å²) in [5, 5.41) is 14.1. The number of nitrogens with zero attached hydrogens (tertiary/aromatic N) is 4. The standard InChI is InChI=1S/C11H19N5/c1-2-9-3-4-11(5-9)7-16(8-11)6-10-12-14-15-13-10/h9H,2-8H2,1H3,(H,12,13,14,15). The van der Waals surface area contributed by atoms with E-state index in [1.807, 2.05) is 0 Å². The van der Waals surface area contributed by atoms with Crippen LogP contribution in [0.3, 0.4) is 0 Å². The quantitative estimate of drug-likeness (QED) is 0.833. The summed E-state index contributed by atoms with van der Waals surface area (Å²) in [7, 11) is 0. The minimum absolute atomic E-state index is 0.643. The van der Waals surface area contributed by atoms with Gasteiger partial charge in [0.25, 0.3) is 0 Å². The Morgan fingerprint density at radius 3 is 3.00 bits per heavy atom. The number of hydrogen-bond acceptors (Lipinski definition) is 4. The summed E-state index contributed by atoms with van der Waals surface area (Å²) >= 11 is 0. The maximum Gasteiger partial charge on any atom is 0.188 e. The van der Waals surface area contributed by atoms with Crippen molar-refractivity contribution < 1.29 is 0 Å². The van der Waals surface area contributed by atoms with Crippen LogP contribution in [0.2, 0.25) is 0 Å². The van der Waals surface area contributed by atoms with E-state index in [2.05, 4.69) is 32.4 Å². The van der Waals surface area contributed by atoms with Gasteiger partial charge in [0.2, 0.25) is 0 Å². The predicted octanol–water partition coefficient (Wildman–Crippen LogP) is 1.21. The highest BCUT2D eigenvalue weighted by molar-refractivity contribution is 5.00. The summed E-state index contributed by atoms with van der Waals surface area (Å²) in [6.07, 6.45) is 5.65. The van der Waals surface area contributed by atoms with Gasteiger partial charge in [-0.25, -0.2) is 0 Å². The molecular weight excluding hydrogens is 202 g/mol. The SMILES string of the molecule is CCC1CCC2(C1)CN(Cc1nn[nH]n1)C2. The van der Waals surface area contributed by atoms with Gasteiger partial charge in [-0.2, -0.15) is 5.21 Å². The molecule has 1 atom stereocenters. The van der Waals surface area contributed by atoms with E-state index >= 15 is 0 Å². The topological polar surface area (TPSA) is 57.7 Å². The van der Waals surface area contributed by atoms with Crippen molar-refractivity contribution in [1.29, 1.82) is 0 Å². The van der Waals surface area contributed by atoms with Crippen molar-refractivity contribution in [3.05, 3.63) is 5.82 Å². The molecule has 5 nitrogen and oxygen atoms in total. The smallest absolute Gasteiger partial charge is 0.188 e. The molecule has 3 rings (SSSR count). The molecule has 16 heavy (non-hydrogen) atoms. The number of aromatic nitrogens is 4. The van der Waals surface area contributed by atoms with E-state index in [-0.39, 0.29) is 0 Å². The Bertz CT molecular complexity index is 341. The molecule has 1 saturated carbocycles. The zero-order chi connectivity index (χ0) is 11.0. The molecular formula is C11H19N5. The van der Waals surface area contributed by atoms with Crippen LogP contribution >= 0.6 is 0 Å². The third kappa shape index (κ3) is 1.73. The van der Waals surface area contributed by atoms with E-state index in [1.54, 1.807) is 0 Å². The Morgan fingerprint density at radius 2 is 2.38 bits per heavy atom. The van der Waals surface area contributed by atoms with Crippen molar-refractivity contribution in [3.8, 4) is 0 Å². The first-order chi connectivity index (χ1) is 7.80. The first-order valence-corrected chi connectivity index (χ1v) is 6.24. The second-order valence-electron chi connectivity index (χ2n) is 5.49. The van der Waals surface area contributed by atoms with Crippen molar-refractivity contribution in [3.63, 3.8) is 0 Å². The zero-order valence-corrected chi connectivity index (χ0v) is 9.82. The molecule has 0 bridgehead atoms. The third-order valence-corrected chi connectivity index (χ3v) is 4.25. The molecule has 1 aliphatic carbocycles. The molecule has 88 valence electrons. The molecule has 1 aromatic heterocycles. The van der Waals surface area contributed by atoms with Gasteiger partial charge in [0.15, 0.2) is 5.82 Å². The molecule has 1 aromatic rings. The van der Waals surface area contributed by atoms with E-state index in [0.29, 0.717) is 5.41 Å². The minimum Gasteiger partial charge on any atom is -0.295 e. The van der Waals surface area contributed by atoms with Gasteiger partial charge < -0.3 is 0 Å². The predicted molar refractivity (Wildman–Crippen MR) is 59.5 cm³/mol. The van der Waals surface area contributed by atoms with E-state index in [9.17, 15) is 0 Å². The van der Waals surface area contributed by atoms with Gasteiger partial charge in [-0.15, -0.1) is 10.2 Å². The Balaban J connectivity index is 1.51. The summed E-state index contributed by atoms with van der Waals surface area (Å²) in [6, 6.07) is 0. The number of aromatic amines is 1. The van der Waals surface area contributed by atoms with Gasteiger partial charge in [0.05, 0.1) is 6.54 Å². The number of rotatable bonds is 3. The average Bonchev–Trinajstić information content (AvgIpc) is 2.85. The summed E-state index contributed by atoms with van der Waals surface area (Å²) in [6.45, 7) is 5.64. The molecule has 2 heterocycles. The molecule has 1 N–H and O–H groups in total. The van der Waals surface area contributed by atoms with Crippen molar-refractivity contribution >= 4 is 0 Å². The monoisotopic (exact) mass is 221 g/mol. The van der Waals surface area contributed by atoms with Crippen molar-refractivity contribution in [2.75, 3.05) is 13.1 Å². The fourth-order valence-corrected chi connectivity index (χ4v) is 3.43. The van der Waals surface area contributed by atoms with E-state index in [0.717, 1.165) is 18.3 Å². The number of H-pyrrole nitrogens is 1.